The molecule has 30 heavy (non-hydrogen) atoms. The van der Waals surface area contributed by atoms with Crippen LogP contribution in [-0.2, 0) is 17.5 Å². The van der Waals surface area contributed by atoms with Gasteiger partial charge in [0.2, 0.25) is 0 Å². The third kappa shape index (κ3) is 5.81. The second kappa shape index (κ2) is 9.41. The number of benzene rings is 1. The number of nitrogens with one attached hydrogen (secondary N) is 3. The van der Waals surface area contributed by atoms with Crippen molar-refractivity contribution >= 4 is 28.9 Å². The molecule has 0 unspecified atom stereocenters. The van der Waals surface area contributed by atoms with Crippen LogP contribution in [0.5, 0.6) is 0 Å². The summed E-state index contributed by atoms with van der Waals surface area (Å²) in [5, 5.41) is 22.6. The third-order valence-electron chi connectivity index (χ3n) is 3.97. The maximum atomic E-state index is 12.6. The molecule has 2 aromatic rings. The highest BCUT2D eigenvalue weighted by atomic mass is 35.5. The van der Waals surface area contributed by atoms with Gasteiger partial charge >= 0.3 is 6.18 Å². The number of carbonyl (C=O) groups excluding carboxylic acids is 1. The first kappa shape index (κ1) is 22.9. The number of alkyl halides is 3. The monoisotopic (exact) mass is 435 g/mol. The van der Waals surface area contributed by atoms with Crippen molar-refractivity contribution in [2.75, 3.05) is 5.32 Å². The van der Waals surface area contributed by atoms with Crippen molar-refractivity contribution < 1.29 is 18.0 Å². The van der Waals surface area contributed by atoms with Crippen LogP contribution in [0.1, 0.15) is 30.7 Å². The molecule has 0 atom stereocenters. The standard InChI is InChI=1S/C20H17ClF3N5O/c1-11(26)18(12(2)29-15-5-4-14(8-25)16(21)7-15)19(30)28-10-13-3-6-17(27-9-13)20(22,23)24/h3-7,9,26,29H,10H2,1-2H3,(H,28,30)/b18-12+,26-11?. The Labute approximate surface area is 175 Å². The molecule has 0 radical (unpaired) electrons. The Balaban J connectivity index is 2.14. The number of nitriles is 1. The number of anilines is 1. The number of hydrogen-bond donors (Lipinski definition) is 3. The van der Waals surface area contributed by atoms with E-state index < -0.39 is 17.8 Å². The zero-order valence-corrected chi connectivity index (χ0v) is 16.7. The van der Waals surface area contributed by atoms with Gasteiger partial charge in [-0.25, -0.2) is 0 Å². The molecule has 1 heterocycles. The van der Waals surface area contributed by atoms with E-state index in [0.717, 1.165) is 12.3 Å². The lowest BCUT2D eigenvalue weighted by molar-refractivity contribution is -0.141. The van der Waals surface area contributed by atoms with E-state index in [9.17, 15) is 18.0 Å². The normalized spacial score (nSPS) is 11.9. The first-order valence-corrected chi connectivity index (χ1v) is 8.94. The molecule has 0 aliphatic carbocycles. The highest BCUT2D eigenvalue weighted by Gasteiger charge is 2.32. The van der Waals surface area contributed by atoms with Gasteiger partial charge in [0.25, 0.3) is 5.91 Å². The first-order valence-electron chi connectivity index (χ1n) is 8.56. The number of allylic oxidation sites excluding steroid dienone is 1. The number of nitrogens with zero attached hydrogens (tertiary/aromatic N) is 2. The minimum atomic E-state index is -4.54. The number of rotatable bonds is 6. The maximum absolute atomic E-state index is 12.6. The van der Waals surface area contributed by atoms with Crippen LogP contribution in [0.3, 0.4) is 0 Å². The molecule has 0 aliphatic heterocycles. The van der Waals surface area contributed by atoms with Gasteiger partial charge in [0.15, 0.2) is 0 Å². The predicted molar refractivity (Wildman–Crippen MR) is 107 cm³/mol. The second-order valence-corrected chi connectivity index (χ2v) is 6.70. The van der Waals surface area contributed by atoms with Crippen molar-refractivity contribution in [1.29, 1.82) is 10.7 Å². The summed E-state index contributed by atoms with van der Waals surface area (Å²) in [6, 6.07) is 8.65. The molecule has 0 saturated carbocycles. The summed E-state index contributed by atoms with van der Waals surface area (Å²) in [5.41, 5.74) is 0.604. The zero-order valence-electron chi connectivity index (χ0n) is 16.0. The zero-order chi connectivity index (χ0) is 22.5. The molecule has 0 aliphatic rings. The number of halogens is 4. The molecular formula is C20H17ClF3N5O. The quantitative estimate of drug-likeness (QED) is 0.453. The van der Waals surface area contributed by atoms with E-state index >= 15 is 0 Å². The lowest BCUT2D eigenvalue weighted by Gasteiger charge is -2.14. The van der Waals surface area contributed by atoms with Gasteiger partial charge in [-0.15, -0.1) is 0 Å². The summed E-state index contributed by atoms with van der Waals surface area (Å²) in [4.78, 5) is 15.9. The number of hydrogen-bond acceptors (Lipinski definition) is 5. The summed E-state index contributed by atoms with van der Waals surface area (Å²) in [6.45, 7) is 2.97. The molecule has 3 N–H and O–H groups in total. The lowest BCUT2D eigenvalue weighted by atomic mass is 10.1. The van der Waals surface area contributed by atoms with Crippen molar-refractivity contribution in [2.24, 2.45) is 0 Å². The molecule has 1 aromatic carbocycles. The molecule has 0 spiro atoms. The van der Waals surface area contributed by atoms with Crippen molar-refractivity contribution in [3.63, 3.8) is 0 Å². The Bertz CT molecular complexity index is 1040. The van der Waals surface area contributed by atoms with Gasteiger partial charge in [0.1, 0.15) is 11.8 Å². The fourth-order valence-corrected chi connectivity index (χ4v) is 2.77. The van der Waals surface area contributed by atoms with Gasteiger partial charge < -0.3 is 16.0 Å². The number of pyridine rings is 1. The van der Waals surface area contributed by atoms with Crippen molar-refractivity contribution in [3.05, 3.63) is 69.6 Å². The van der Waals surface area contributed by atoms with E-state index in [1.54, 1.807) is 13.0 Å². The molecule has 0 saturated heterocycles. The number of carbonyl (C=O) groups is 1. The fraction of sp³-hybridized carbons (Fsp3) is 0.200. The Kier molecular flexibility index (Phi) is 7.19. The molecule has 6 nitrogen and oxygen atoms in total. The van der Waals surface area contributed by atoms with Crippen molar-refractivity contribution in [1.82, 2.24) is 10.3 Å². The average Bonchev–Trinajstić information content (AvgIpc) is 2.66. The van der Waals surface area contributed by atoms with Crippen molar-refractivity contribution in [2.45, 2.75) is 26.6 Å². The Morgan fingerprint density at radius 1 is 1.27 bits per heavy atom. The minimum absolute atomic E-state index is 0.0113. The predicted octanol–water partition coefficient (Wildman–Crippen LogP) is 4.67. The fourth-order valence-electron chi connectivity index (χ4n) is 2.55. The van der Waals surface area contributed by atoms with Gasteiger partial charge in [-0.1, -0.05) is 17.7 Å². The Hall–Kier alpha value is -3.38. The van der Waals surface area contributed by atoms with Crippen LogP contribution in [0, 0.1) is 16.7 Å². The van der Waals surface area contributed by atoms with Crippen molar-refractivity contribution in [3.8, 4) is 6.07 Å². The summed E-state index contributed by atoms with van der Waals surface area (Å²) in [7, 11) is 0. The topological polar surface area (TPSA) is 102 Å². The Morgan fingerprint density at radius 2 is 1.97 bits per heavy atom. The van der Waals surface area contributed by atoms with Crippen LogP contribution in [0.25, 0.3) is 0 Å². The van der Waals surface area contributed by atoms with E-state index in [4.69, 9.17) is 22.3 Å². The maximum Gasteiger partial charge on any atom is 0.433 e. The molecule has 0 fully saturated rings. The van der Waals surface area contributed by atoms with E-state index in [1.165, 1.54) is 25.1 Å². The minimum Gasteiger partial charge on any atom is -0.358 e. The third-order valence-corrected chi connectivity index (χ3v) is 4.28. The molecule has 10 heteroatoms. The largest absolute Gasteiger partial charge is 0.433 e. The average molecular weight is 436 g/mol. The van der Waals surface area contributed by atoms with Crippen LogP contribution in [-0.4, -0.2) is 16.6 Å². The van der Waals surface area contributed by atoms with E-state index in [2.05, 4.69) is 15.6 Å². The molecule has 0 bridgehead atoms. The lowest BCUT2D eigenvalue weighted by Crippen LogP contribution is -2.29. The molecule has 2 rings (SSSR count). The molecule has 1 amide bonds. The summed E-state index contributed by atoms with van der Waals surface area (Å²) in [6.07, 6.45) is -3.50. The highest BCUT2D eigenvalue weighted by Crippen LogP contribution is 2.27. The van der Waals surface area contributed by atoms with Gasteiger partial charge in [0.05, 0.1) is 16.2 Å². The smallest absolute Gasteiger partial charge is 0.358 e. The van der Waals surface area contributed by atoms with Gasteiger partial charge in [-0.05, 0) is 43.7 Å². The summed E-state index contributed by atoms with van der Waals surface area (Å²) in [5.74, 6) is -0.577. The second-order valence-electron chi connectivity index (χ2n) is 6.29. The van der Waals surface area contributed by atoms with Gasteiger partial charge in [-0.2, -0.15) is 18.4 Å². The first-order chi connectivity index (χ1) is 14.0. The van der Waals surface area contributed by atoms with Crippen LogP contribution in [0.2, 0.25) is 5.02 Å². The Morgan fingerprint density at radius 3 is 2.47 bits per heavy atom. The van der Waals surface area contributed by atoms with Crippen LogP contribution in [0.15, 0.2) is 47.8 Å². The number of amides is 1. The van der Waals surface area contributed by atoms with E-state index in [-0.39, 0.29) is 22.9 Å². The molecule has 156 valence electrons. The summed E-state index contributed by atoms with van der Waals surface area (Å²) < 4.78 is 37.7. The summed E-state index contributed by atoms with van der Waals surface area (Å²) >= 11 is 6.00. The van der Waals surface area contributed by atoms with Crippen LogP contribution in [0.4, 0.5) is 18.9 Å². The van der Waals surface area contributed by atoms with E-state index in [0.29, 0.717) is 22.5 Å². The van der Waals surface area contributed by atoms with Gasteiger partial charge in [0, 0.05) is 29.8 Å². The van der Waals surface area contributed by atoms with E-state index in [1.807, 2.05) is 6.07 Å². The highest BCUT2D eigenvalue weighted by molar-refractivity contribution is 6.32. The van der Waals surface area contributed by atoms with Crippen LogP contribution < -0.4 is 10.6 Å². The van der Waals surface area contributed by atoms with Crippen LogP contribution >= 0.6 is 11.6 Å². The van der Waals surface area contributed by atoms with Gasteiger partial charge in [-0.3, -0.25) is 9.78 Å². The number of aromatic nitrogens is 1. The SMILES string of the molecule is CC(=N)/C(C(=O)NCc1ccc(C(F)(F)F)nc1)=C(/C)Nc1ccc(C#N)c(Cl)c1. The molecular weight excluding hydrogens is 419 g/mol. The molecule has 1 aromatic heterocycles.